The van der Waals surface area contributed by atoms with Crippen LogP contribution in [-0.2, 0) is 6.42 Å². The van der Waals surface area contributed by atoms with Crippen LogP contribution in [0.15, 0.2) is 35.3 Å². The molecule has 5 saturated heterocycles. The van der Waals surface area contributed by atoms with Gasteiger partial charge in [-0.1, -0.05) is 13.0 Å². The van der Waals surface area contributed by atoms with Gasteiger partial charge in [0, 0.05) is 49.6 Å². The monoisotopic (exact) mass is 606 g/mol. The van der Waals surface area contributed by atoms with E-state index in [2.05, 4.69) is 25.3 Å². The topological polar surface area (TPSA) is 109 Å². The molecule has 2 bridgehead atoms. The third kappa shape index (κ3) is 4.33. The number of rotatable bonds is 6. The number of piperazine rings is 1. The van der Waals surface area contributed by atoms with E-state index in [4.69, 9.17) is 8.85 Å². The second kappa shape index (κ2) is 10.3. The molecular formula is C32H35F2N7O3. The third-order valence-corrected chi connectivity index (χ3v) is 9.74. The molecule has 5 aliphatic rings. The van der Waals surface area contributed by atoms with Crippen LogP contribution >= 0.6 is 0 Å². The number of nitrogens with zero attached hydrogens (tertiary/aromatic N) is 6. The highest BCUT2D eigenvalue weighted by Crippen LogP contribution is 2.41. The molecule has 0 radical (unpaired) electrons. The van der Waals surface area contributed by atoms with Crippen molar-refractivity contribution in [1.82, 2.24) is 30.0 Å². The fraction of sp³-hybridized carbons (Fsp3) is 0.500. The average Bonchev–Trinajstić information content (AvgIpc) is 3.55. The van der Waals surface area contributed by atoms with Crippen molar-refractivity contribution < 1.29 is 22.7 Å². The number of ether oxygens (including phenoxy) is 1. The molecule has 7 heterocycles. The Kier molecular flexibility index (Phi) is 5.74. The van der Waals surface area contributed by atoms with Crippen LogP contribution in [0.1, 0.15) is 48.7 Å². The van der Waals surface area contributed by atoms with Gasteiger partial charge in [-0.05, 0) is 61.7 Å². The summed E-state index contributed by atoms with van der Waals surface area (Å²) in [5.41, 5.74) is -1.65. The van der Waals surface area contributed by atoms with Gasteiger partial charge in [-0.15, -0.1) is 0 Å². The van der Waals surface area contributed by atoms with Crippen LogP contribution in [0.5, 0.6) is 11.8 Å². The summed E-state index contributed by atoms with van der Waals surface area (Å²) in [5.74, 6) is -0.209. The first-order valence-electron chi connectivity index (χ1n) is 16.8. The summed E-state index contributed by atoms with van der Waals surface area (Å²) in [6.45, 7) is 0.828. The minimum Gasteiger partial charge on any atom is -0.508 e. The molecule has 2 unspecified atom stereocenters. The molecular weight excluding hydrogens is 568 g/mol. The number of phenols is 1. The summed E-state index contributed by atoms with van der Waals surface area (Å²) < 4.78 is 63.2. The number of nitrogens with one attached hydrogen (secondary N) is 1. The Bertz CT molecular complexity index is 1990. The molecule has 0 saturated carbocycles. The van der Waals surface area contributed by atoms with E-state index in [1.807, 2.05) is 0 Å². The number of halogens is 2. The number of anilines is 1. The number of piperidine rings is 2. The lowest BCUT2D eigenvalue weighted by atomic mass is 9.93. The van der Waals surface area contributed by atoms with Crippen LogP contribution in [0.4, 0.5) is 14.6 Å². The number of hydrogen-bond donors (Lipinski definition) is 2. The van der Waals surface area contributed by atoms with Gasteiger partial charge in [0.05, 0.1) is 26.9 Å². The zero-order chi connectivity index (χ0) is 32.9. The zero-order valence-corrected chi connectivity index (χ0v) is 24.3. The number of aryl methyl sites for hydroxylation is 1. The van der Waals surface area contributed by atoms with Crippen molar-refractivity contribution >= 4 is 27.5 Å². The highest BCUT2D eigenvalue weighted by molar-refractivity contribution is 5.95. The summed E-state index contributed by atoms with van der Waals surface area (Å²) >= 11 is 0. The standard InChI is InChI=1S/C32H35F2N7O3/c1-2-23-25(34)7-4-18-10-22(42)11-26(27(18)23)41-30(43)28-24(14-36-41)29(40-16-20-5-6-21(40)13-35-20)38-31(37-28)44-17-32-8-3-9-39(32)15-19(33)12-32/h4,7,10-11,14,19-21,35,42H,2-3,5-6,8-9,12-13,15-17H2,1H3/t19-,20?,21?,32+/m1/s1/i17D2,19D. The summed E-state index contributed by atoms with van der Waals surface area (Å²) in [6, 6.07) is 5.58. The Labute approximate surface area is 256 Å². The smallest absolute Gasteiger partial charge is 0.319 e. The molecule has 4 atom stereocenters. The highest BCUT2D eigenvalue weighted by Gasteiger charge is 2.49. The third-order valence-electron chi connectivity index (χ3n) is 9.74. The number of hydrogen-bond acceptors (Lipinski definition) is 9. The van der Waals surface area contributed by atoms with Crippen molar-refractivity contribution in [3.05, 3.63) is 52.2 Å². The number of aromatic nitrogens is 4. The van der Waals surface area contributed by atoms with Crippen LogP contribution in [0.25, 0.3) is 27.4 Å². The Balaban J connectivity index is 1.32. The lowest BCUT2D eigenvalue weighted by Gasteiger charge is -2.46. The Hall–Kier alpha value is -3.90. The van der Waals surface area contributed by atoms with Crippen molar-refractivity contribution in [2.24, 2.45) is 0 Å². The van der Waals surface area contributed by atoms with Gasteiger partial charge in [-0.3, -0.25) is 9.69 Å². The molecule has 2 aromatic carbocycles. The second-order valence-corrected chi connectivity index (χ2v) is 12.3. The first kappa shape index (κ1) is 24.4. The van der Waals surface area contributed by atoms with Crippen molar-refractivity contribution in [3.8, 4) is 17.4 Å². The lowest BCUT2D eigenvalue weighted by Crippen LogP contribution is -2.61. The van der Waals surface area contributed by atoms with Gasteiger partial charge >= 0.3 is 6.01 Å². The van der Waals surface area contributed by atoms with Gasteiger partial charge in [0.15, 0.2) is 0 Å². The first-order valence-corrected chi connectivity index (χ1v) is 15.3. The maximum absolute atomic E-state index is 15.0. The minimum absolute atomic E-state index is 0.0597. The van der Waals surface area contributed by atoms with Crippen molar-refractivity contribution in [2.45, 2.75) is 69.2 Å². The summed E-state index contributed by atoms with van der Waals surface area (Å²) in [6.07, 6.45) is 1.90. The molecule has 0 aliphatic carbocycles. The van der Waals surface area contributed by atoms with Crippen molar-refractivity contribution in [3.63, 3.8) is 0 Å². The number of benzene rings is 2. The van der Waals surface area contributed by atoms with E-state index in [1.54, 1.807) is 11.8 Å². The van der Waals surface area contributed by atoms with E-state index in [-0.39, 0.29) is 48.0 Å². The number of alkyl halides is 1. The molecule has 9 rings (SSSR count). The molecule has 0 spiro atoms. The van der Waals surface area contributed by atoms with Crippen LogP contribution in [0.2, 0.25) is 0 Å². The zero-order valence-electron chi connectivity index (χ0n) is 27.3. The van der Waals surface area contributed by atoms with E-state index >= 15 is 0 Å². The van der Waals surface area contributed by atoms with E-state index in [9.17, 15) is 18.7 Å². The number of aromatic hydroxyl groups is 1. The number of fused-ring (bicyclic) bond motifs is 6. The maximum atomic E-state index is 15.0. The molecule has 0 amide bonds. The Morgan fingerprint density at radius 2 is 2.16 bits per heavy atom. The van der Waals surface area contributed by atoms with Gasteiger partial charge in [-0.25, -0.2) is 8.78 Å². The molecule has 4 aromatic rings. The summed E-state index contributed by atoms with van der Waals surface area (Å²) in [7, 11) is 0. The van der Waals surface area contributed by atoms with Crippen molar-refractivity contribution in [2.75, 3.05) is 37.6 Å². The molecule has 5 fully saturated rings. The highest BCUT2D eigenvalue weighted by atomic mass is 19.1. The first-order chi connectivity index (χ1) is 22.4. The Morgan fingerprint density at radius 1 is 1.27 bits per heavy atom. The molecule has 230 valence electrons. The van der Waals surface area contributed by atoms with Crippen LogP contribution < -0.4 is 20.5 Å². The molecule has 12 heteroatoms. The van der Waals surface area contributed by atoms with Crippen LogP contribution in [0, 0.1) is 5.82 Å². The fourth-order valence-electron chi connectivity index (χ4n) is 7.62. The minimum atomic E-state index is -2.49. The average molecular weight is 607 g/mol. The van der Waals surface area contributed by atoms with Gasteiger partial charge in [0.1, 0.15) is 35.6 Å². The lowest BCUT2D eigenvalue weighted by molar-refractivity contribution is 0.107. The van der Waals surface area contributed by atoms with Crippen LogP contribution in [0.3, 0.4) is 0 Å². The molecule has 44 heavy (non-hydrogen) atoms. The largest absolute Gasteiger partial charge is 0.508 e. The van der Waals surface area contributed by atoms with E-state index < -0.39 is 29.6 Å². The molecule has 5 aliphatic heterocycles. The second-order valence-electron chi connectivity index (χ2n) is 12.3. The van der Waals surface area contributed by atoms with Gasteiger partial charge < -0.3 is 20.1 Å². The van der Waals surface area contributed by atoms with Crippen LogP contribution in [-0.4, -0.2) is 86.3 Å². The quantitative estimate of drug-likeness (QED) is 0.340. The maximum Gasteiger partial charge on any atom is 0.319 e. The summed E-state index contributed by atoms with van der Waals surface area (Å²) in [5, 5.41) is 19.9. The SMILES string of the molecule is [2H]C([2H])(Oc1nc(N2CC3CCC2CN3)c2cnn(-c3cc(O)cc4ccc(F)c(CC)c34)c(=O)c2n1)[C@@]12CCCN1C[C@]([2H])(F)C2. The number of phenolic OH excluding ortho intramolecular Hbond substituents is 1. The van der Waals surface area contributed by atoms with Gasteiger partial charge in [0.2, 0.25) is 0 Å². The molecule has 2 aromatic heterocycles. The van der Waals surface area contributed by atoms with E-state index in [0.717, 1.165) is 17.5 Å². The fourth-order valence-corrected chi connectivity index (χ4v) is 7.62. The molecule has 2 N–H and O–H groups in total. The van der Waals surface area contributed by atoms with E-state index in [0.29, 0.717) is 66.4 Å². The van der Waals surface area contributed by atoms with Crippen molar-refractivity contribution in [1.29, 1.82) is 0 Å². The predicted molar refractivity (Wildman–Crippen MR) is 162 cm³/mol. The van der Waals surface area contributed by atoms with Gasteiger partial charge in [-0.2, -0.15) is 19.7 Å². The normalized spacial score (nSPS) is 29.6. The van der Waals surface area contributed by atoms with Gasteiger partial charge in [0.25, 0.3) is 5.56 Å². The van der Waals surface area contributed by atoms with E-state index in [1.165, 1.54) is 30.5 Å². The molecule has 10 nitrogen and oxygen atoms in total. The predicted octanol–water partition coefficient (Wildman–Crippen LogP) is 3.63. The summed E-state index contributed by atoms with van der Waals surface area (Å²) in [4.78, 5) is 27.2. The Morgan fingerprint density at radius 3 is 2.93 bits per heavy atom.